The summed E-state index contributed by atoms with van der Waals surface area (Å²) in [6.45, 7) is 5.31. The van der Waals surface area contributed by atoms with Crippen LogP contribution in [0.3, 0.4) is 0 Å². The lowest BCUT2D eigenvalue weighted by Gasteiger charge is -2.30. The molecule has 5 rings (SSSR count). The highest BCUT2D eigenvalue weighted by atomic mass is 19.3. The summed E-state index contributed by atoms with van der Waals surface area (Å²) in [7, 11) is 0. The quantitative estimate of drug-likeness (QED) is 0.813. The van der Waals surface area contributed by atoms with Crippen LogP contribution in [0.15, 0.2) is 24.3 Å². The molecular weight excluding hydrogens is 385 g/mol. The third kappa shape index (κ3) is 2.84. The third-order valence-corrected chi connectivity index (χ3v) is 6.48. The highest BCUT2D eigenvalue weighted by molar-refractivity contribution is 5.80. The minimum absolute atomic E-state index is 0.102. The topological polar surface area (TPSA) is 66.6 Å². The Labute approximate surface area is 166 Å². The summed E-state index contributed by atoms with van der Waals surface area (Å²) in [5.74, 6) is -5.60. The van der Waals surface area contributed by atoms with E-state index in [0.29, 0.717) is 16.5 Å². The van der Waals surface area contributed by atoms with Crippen LogP contribution >= 0.6 is 0 Å². The molecule has 3 fully saturated rings. The second-order valence-corrected chi connectivity index (χ2v) is 9.12. The normalized spacial score (nSPS) is 37.0. The van der Waals surface area contributed by atoms with Crippen molar-refractivity contribution in [2.45, 2.75) is 63.8 Å². The molecule has 0 bridgehead atoms. The summed E-state index contributed by atoms with van der Waals surface area (Å²) in [5, 5.41) is 0.569. The first-order valence-electron chi connectivity index (χ1n) is 9.72. The molecule has 5 nitrogen and oxygen atoms in total. The van der Waals surface area contributed by atoms with E-state index < -0.39 is 47.4 Å². The van der Waals surface area contributed by atoms with Gasteiger partial charge in [0.05, 0.1) is 17.5 Å². The van der Waals surface area contributed by atoms with Gasteiger partial charge < -0.3 is 19.9 Å². The van der Waals surface area contributed by atoms with Crippen LogP contribution < -0.4 is 5.73 Å². The summed E-state index contributed by atoms with van der Waals surface area (Å²) in [6, 6.07) is 6.37. The van der Waals surface area contributed by atoms with Crippen molar-refractivity contribution in [1.82, 2.24) is 4.98 Å². The van der Waals surface area contributed by atoms with E-state index in [4.69, 9.17) is 19.9 Å². The molecule has 1 aromatic carbocycles. The fraction of sp³-hybridized carbons (Fsp3) is 0.571. The first-order valence-corrected chi connectivity index (χ1v) is 9.72. The number of rotatable bonds is 2. The molecule has 2 saturated heterocycles. The maximum atomic E-state index is 15.1. The van der Waals surface area contributed by atoms with Crippen LogP contribution in [0.25, 0.3) is 10.9 Å². The van der Waals surface area contributed by atoms with E-state index in [9.17, 15) is 4.39 Å². The van der Waals surface area contributed by atoms with Crippen molar-refractivity contribution in [3.63, 3.8) is 0 Å². The smallest absolute Gasteiger partial charge is 0.254 e. The van der Waals surface area contributed by atoms with Gasteiger partial charge in [-0.25, -0.2) is 18.2 Å². The molecule has 156 valence electrons. The molecule has 1 saturated carbocycles. The molecule has 2 aliphatic heterocycles. The Morgan fingerprint density at radius 1 is 1.14 bits per heavy atom. The van der Waals surface area contributed by atoms with Crippen LogP contribution in [0.1, 0.15) is 32.8 Å². The van der Waals surface area contributed by atoms with Crippen molar-refractivity contribution in [3.8, 4) is 0 Å². The molecular formula is C21H23F3N2O3. The van der Waals surface area contributed by atoms with Gasteiger partial charge in [0.1, 0.15) is 6.10 Å². The SMILES string of the molecule is CC1(C)O[C@H]2O[C@@H]3[C@H](Cc4ccc5cc(F)c(N)nc5c4)C(F)(F)C[C@]3(C)[C@H]2O1. The highest BCUT2D eigenvalue weighted by Gasteiger charge is 2.72. The number of nitrogens with two attached hydrogens (primary N) is 1. The van der Waals surface area contributed by atoms with Crippen molar-refractivity contribution in [2.24, 2.45) is 11.3 Å². The van der Waals surface area contributed by atoms with Crippen molar-refractivity contribution >= 4 is 16.7 Å². The molecule has 0 spiro atoms. The maximum Gasteiger partial charge on any atom is 0.254 e. The third-order valence-electron chi connectivity index (χ3n) is 6.48. The lowest BCUT2D eigenvalue weighted by Crippen LogP contribution is -2.38. The Bertz CT molecular complexity index is 999. The first kappa shape index (κ1) is 19.1. The fourth-order valence-corrected chi connectivity index (χ4v) is 5.19. The van der Waals surface area contributed by atoms with Crippen LogP contribution in [-0.4, -0.2) is 35.2 Å². The van der Waals surface area contributed by atoms with Gasteiger partial charge >= 0.3 is 0 Å². The van der Waals surface area contributed by atoms with Gasteiger partial charge in [-0.1, -0.05) is 19.1 Å². The van der Waals surface area contributed by atoms with Gasteiger partial charge in [0.2, 0.25) is 0 Å². The zero-order chi connectivity index (χ0) is 20.8. The van der Waals surface area contributed by atoms with Crippen molar-refractivity contribution < 1.29 is 27.4 Å². The van der Waals surface area contributed by atoms with E-state index in [-0.39, 0.29) is 18.7 Å². The summed E-state index contributed by atoms with van der Waals surface area (Å²) in [5.41, 5.74) is 5.86. The average molecular weight is 408 g/mol. The minimum atomic E-state index is -2.91. The second-order valence-electron chi connectivity index (χ2n) is 9.12. The molecule has 1 aromatic heterocycles. The van der Waals surface area contributed by atoms with Crippen molar-refractivity contribution in [2.75, 3.05) is 5.73 Å². The summed E-state index contributed by atoms with van der Waals surface area (Å²) < 4.78 is 61.4. The number of benzene rings is 1. The van der Waals surface area contributed by atoms with Crippen LogP contribution in [-0.2, 0) is 20.6 Å². The van der Waals surface area contributed by atoms with E-state index in [2.05, 4.69) is 4.98 Å². The van der Waals surface area contributed by atoms with E-state index in [1.54, 1.807) is 39.0 Å². The van der Waals surface area contributed by atoms with Crippen LogP contribution in [0.5, 0.6) is 0 Å². The van der Waals surface area contributed by atoms with Crippen LogP contribution in [0.4, 0.5) is 19.0 Å². The number of fused-ring (bicyclic) bond motifs is 4. The Morgan fingerprint density at radius 3 is 2.66 bits per heavy atom. The molecule has 0 radical (unpaired) electrons. The lowest BCUT2D eigenvalue weighted by molar-refractivity contribution is -0.220. The van der Waals surface area contributed by atoms with Crippen LogP contribution in [0, 0.1) is 17.2 Å². The highest BCUT2D eigenvalue weighted by Crippen LogP contribution is 2.62. The fourth-order valence-electron chi connectivity index (χ4n) is 5.19. The summed E-state index contributed by atoms with van der Waals surface area (Å²) in [4.78, 5) is 4.03. The Hall–Kier alpha value is -1.90. The number of alkyl halides is 2. The molecule has 0 unspecified atom stereocenters. The second kappa shape index (κ2) is 5.83. The first-order chi connectivity index (χ1) is 13.5. The molecule has 1 aliphatic carbocycles. The monoisotopic (exact) mass is 408 g/mol. The molecule has 29 heavy (non-hydrogen) atoms. The molecule has 3 heterocycles. The zero-order valence-electron chi connectivity index (χ0n) is 16.4. The molecule has 2 N–H and O–H groups in total. The lowest BCUT2D eigenvalue weighted by atomic mass is 9.80. The van der Waals surface area contributed by atoms with Gasteiger partial charge in [-0.05, 0) is 38.0 Å². The van der Waals surface area contributed by atoms with E-state index in [0.717, 1.165) is 0 Å². The predicted molar refractivity (Wildman–Crippen MR) is 99.7 cm³/mol. The number of nitrogen functional groups attached to an aromatic ring is 1. The van der Waals surface area contributed by atoms with E-state index in [1.807, 2.05) is 0 Å². The largest absolute Gasteiger partial charge is 0.381 e. The summed E-state index contributed by atoms with van der Waals surface area (Å²) in [6.07, 6.45) is -2.07. The van der Waals surface area contributed by atoms with Crippen LogP contribution in [0.2, 0.25) is 0 Å². The standard InChI is InChI=1S/C21H23F3N2O3/c1-19(2)28-16-18(29-19)27-15-12(21(23,24)9-20(15,16)3)6-10-4-5-11-8-13(22)17(25)26-14(11)7-10/h4-5,7-8,12,15-16,18H,6,9H2,1-3H3,(H2,25,26)/t12-,15+,16-,18+,20-/m0/s1. The van der Waals surface area contributed by atoms with Gasteiger partial charge in [-0.3, -0.25) is 0 Å². The average Bonchev–Trinajstić information content (AvgIpc) is 3.11. The minimum Gasteiger partial charge on any atom is -0.381 e. The Balaban J connectivity index is 1.46. The van der Waals surface area contributed by atoms with E-state index >= 15 is 8.78 Å². The molecule has 3 aliphatic rings. The number of pyridine rings is 1. The predicted octanol–water partition coefficient (Wildman–Crippen LogP) is 4.04. The van der Waals surface area contributed by atoms with Crippen molar-refractivity contribution in [1.29, 1.82) is 0 Å². The molecule has 2 aromatic rings. The van der Waals surface area contributed by atoms with Gasteiger partial charge in [0.25, 0.3) is 5.92 Å². The van der Waals surface area contributed by atoms with Crippen molar-refractivity contribution in [3.05, 3.63) is 35.6 Å². The maximum absolute atomic E-state index is 15.1. The number of ether oxygens (including phenoxy) is 3. The number of nitrogens with zero attached hydrogens (tertiary/aromatic N) is 1. The number of aromatic nitrogens is 1. The van der Waals surface area contributed by atoms with Gasteiger partial charge in [-0.2, -0.15) is 0 Å². The van der Waals surface area contributed by atoms with Gasteiger partial charge in [-0.15, -0.1) is 0 Å². The molecule has 8 heteroatoms. The number of hydrogen-bond acceptors (Lipinski definition) is 5. The molecule has 5 atom stereocenters. The van der Waals surface area contributed by atoms with Gasteiger partial charge in [0, 0.05) is 17.2 Å². The number of halogens is 3. The van der Waals surface area contributed by atoms with E-state index in [1.165, 1.54) is 6.07 Å². The Kier molecular flexibility index (Phi) is 3.84. The zero-order valence-corrected chi connectivity index (χ0v) is 16.4. The van der Waals surface area contributed by atoms with Gasteiger partial charge in [0.15, 0.2) is 23.7 Å². The number of hydrogen-bond donors (Lipinski definition) is 1. The summed E-state index contributed by atoms with van der Waals surface area (Å²) >= 11 is 0. The number of anilines is 1. The Morgan fingerprint density at radius 2 is 1.90 bits per heavy atom. The molecule has 0 amide bonds.